The van der Waals surface area contributed by atoms with E-state index in [0.29, 0.717) is 0 Å². The van der Waals surface area contributed by atoms with Crippen LogP contribution in [0.1, 0.15) is 38.8 Å². The quantitative estimate of drug-likeness (QED) is 0.460. The predicted octanol–water partition coefficient (Wildman–Crippen LogP) is 4.10. The highest BCUT2D eigenvalue weighted by molar-refractivity contribution is 7.12. The molecule has 0 amide bonds. The Morgan fingerprint density at radius 2 is 1.48 bits per heavy atom. The molecule has 1 fully saturated rings. The molecular weight excluding hydrogens is 406 g/mol. The highest BCUT2D eigenvalue weighted by Crippen LogP contribution is 2.35. The van der Waals surface area contributed by atoms with Crippen LogP contribution in [0.15, 0.2) is 72.8 Å². The van der Waals surface area contributed by atoms with Crippen molar-refractivity contribution in [3.63, 3.8) is 0 Å². The number of morpholine rings is 1. The topological polar surface area (TPSA) is 56.1 Å². The molecule has 158 valence electrons. The van der Waals surface area contributed by atoms with Crippen LogP contribution in [0.5, 0.6) is 0 Å². The van der Waals surface area contributed by atoms with Crippen LogP contribution >= 0.6 is 11.3 Å². The molecule has 1 aliphatic rings. The molecule has 1 aliphatic heterocycles. The lowest BCUT2D eigenvalue weighted by Gasteiger charge is -2.34. The van der Waals surface area contributed by atoms with Crippen molar-refractivity contribution in [2.24, 2.45) is 0 Å². The average molecular weight is 432 g/mol. The van der Waals surface area contributed by atoms with Crippen molar-refractivity contribution >= 4 is 11.3 Å². The molecule has 6 nitrogen and oxygen atoms in total. The zero-order chi connectivity index (χ0) is 21.0. The van der Waals surface area contributed by atoms with Crippen LogP contribution in [0, 0.1) is 6.92 Å². The Labute approximate surface area is 186 Å². The Hall–Kier alpha value is -2.87. The Balaban J connectivity index is 1.64. The Morgan fingerprint density at radius 3 is 2.06 bits per heavy atom. The van der Waals surface area contributed by atoms with E-state index in [0.717, 1.165) is 43.3 Å². The molecular formula is C24H25N5OS. The van der Waals surface area contributed by atoms with E-state index in [1.165, 1.54) is 9.75 Å². The molecule has 2 aromatic heterocycles. The van der Waals surface area contributed by atoms with E-state index >= 15 is 0 Å². The zero-order valence-corrected chi connectivity index (χ0v) is 18.3. The molecule has 0 saturated carbocycles. The third-order valence-electron chi connectivity index (χ3n) is 5.68. The van der Waals surface area contributed by atoms with Crippen LogP contribution in [-0.2, 0) is 4.74 Å². The largest absolute Gasteiger partial charge is 0.379 e. The summed E-state index contributed by atoms with van der Waals surface area (Å²) in [6.07, 6.45) is 0. The molecule has 0 aliphatic carbocycles. The van der Waals surface area contributed by atoms with Gasteiger partial charge in [-0.15, -0.1) is 16.4 Å². The molecule has 3 heterocycles. The molecule has 0 spiro atoms. The number of benzene rings is 2. The van der Waals surface area contributed by atoms with Gasteiger partial charge in [-0.2, -0.15) is 0 Å². The van der Waals surface area contributed by atoms with Gasteiger partial charge in [0.05, 0.1) is 13.2 Å². The van der Waals surface area contributed by atoms with Crippen LogP contribution < -0.4 is 0 Å². The minimum Gasteiger partial charge on any atom is -0.379 e. The number of thiophene rings is 1. The van der Waals surface area contributed by atoms with Crippen molar-refractivity contribution < 1.29 is 4.74 Å². The summed E-state index contributed by atoms with van der Waals surface area (Å²) in [5, 5.41) is 13.2. The van der Waals surface area contributed by atoms with E-state index in [9.17, 15) is 0 Å². The number of hydrogen-bond acceptors (Lipinski definition) is 6. The maximum absolute atomic E-state index is 5.63. The molecule has 0 bridgehead atoms. The molecule has 1 unspecified atom stereocenters. The number of rotatable bonds is 6. The molecule has 31 heavy (non-hydrogen) atoms. The van der Waals surface area contributed by atoms with Crippen molar-refractivity contribution in [3.8, 4) is 0 Å². The molecule has 0 N–H and O–H groups in total. The smallest absolute Gasteiger partial charge is 0.174 e. The first-order valence-electron chi connectivity index (χ1n) is 10.6. The summed E-state index contributed by atoms with van der Waals surface area (Å²) in [6.45, 7) is 5.31. The predicted molar refractivity (Wildman–Crippen MR) is 121 cm³/mol. The molecule has 1 saturated heterocycles. The Morgan fingerprint density at radius 1 is 0.839 bits per heavy atom. The van der Waals surface area contributed by atoms with Crippen molar-refractivity contribution in [1.29, 1.82) is 0 Å². The molecule has 1 atom stereocenters. The average Bonchev–Trinajstić information content (AvgIpc) is 3.46. The fourth-order valence-corrected chi connectivity index (χ4v) is 5.23. The van der Waals surface area contributed by atoms with E-state index < -0.39 is 0 Å². The van der Waals surface area contributed by atoms with Crippen LogP contribution in [0.4, 0.5) is 0 Å². The Kier molecular flexibility index (Phi) is 5.88. The highest BCUT2D eigenvalue weighted by Gasteiger charge is 2.33. The van der Waals surface area contributed by atoms with Crippen molar-refractivity contribution in [1.82, 2.24) is 25.1 Å². The lowest BCUT2D eigenvalue weighted by atomic mass is 9.98. The summed E-state index contributed by atoms with van der Waals surface area (Å²) in [4.78, 5) is 4.98. The maximum atomic E-state index is 5.63. The molecule has 4 aromatic rings. The molecule has 2 aromatic carbocycles. The summed E-state index contributed by atoms with van der Waals surface area (Å²) in [7, 11) is 0. The number of tetrazole rings is 1. The fourth-order valence-electron chi connectivity index (χ4n) is 4.22. The van der Waals surface area contributed by atoms with Gasteiger partial charge in [-0.05, 0) is 40.6 Å². The summed E-state index contributed by atoms with van der Waals surface area (Å²) in [5.41, 5.74) is 2.32. The zero-order valence-electron chi connectivity index (χ0n) is 17.5. The SMILES string of the molecule is Cc1ccc(C(c2nnnn2C(c2ccccc2)c2ccccc2)N2CCOCC2)s1. The van der Waals surface area contributed by atoms with Gasteiger partial charge in [0, 0.05) is 22.8 Å². The van der Waals surface area contributed by atoms with Gasteiger partial charge in [0.25, 0.3) is 0 Å². The number of hydrogen-bond donors (Lipinski definition) is 0. The van der Waals surface area contributed by atoms with Gasteiger partial charge in [-0.25, -0.2) is 4.68 Å². The first-order valence-corrected chi connectivity index (χ1v) is 11.4. The normalized spacial score (nSPS) is 15.9. The summed E-state index contributed by atoms with van der Waals surface area (Å²) in [6, 6.07) is 25.2. The van der Waals surface area contributed by atoms with Gasteiger partial charge in [0.2, 0.25) is 0 Å². The van der Waals surface area contributed by atoms with Crippen LogP contribution in [0.25, 0.3) is 0 Å². The van der Waals surface area contributed by atoms with E-state index in [4.69, 9.17) is 4.74 Å². The third kappa shape index (κ3) is 4.17. The first-order chi connectivity index (χ1) is 15.3. The van der Waals surface area contributed by atoms with Gasteiger partial charge < -0.3 is 4.74 Å². The summed E-state index contributed by atoms with van der Waals surface area (Å²) < 4.78 is 7.63. The van der Waals surface area contributed by atoms with E-state index in [1.807, 2.05) is 28.2 Å². The second-order valence-electron chi connectivity index (χ2n) is 7.70. The first kappa shape index (κ1) is 20.1. The number of aromatic nitrogens is 4. The summed E-state index contributed by atoms with van der Waals surface area (Å²) >= 11 is 1.81. The Bertz CT molecular complexity index is 1070. The lowest BCUT2D eigenvalue weighted by Crippen LogP contribution is -2.40. The van der Waals surface area contributed by atoms with Crippen molar-refractivity contribution in [2.45, 2.75) is 19.0 Å². The van der Waals surface area contributed by atoms with Crippen LogP contribution in [0.2, 0.25) is 0 Å². The van der Waals surface area contributed by atoms with Crippen LogP contribution in [-0.4, -0.2) is 51.4 Å². The summed E-state index contributed by atoms with van der Waals surface area (Å²) in [5.74, 6) is 0.862. The van der Waals surface area contributed by atoms with Crippen molar-refractivity contribution in [3.05, 3.63) is 99.5 Å². The second-order valence-corrected chi connectivity index (χ2v) is 9.02. The monoisotopic (exact) mass is 431 g/mol. The van der Waals surface area contributed by atoms with E-state index in [1.54, 1.807) is 0 Å². The minimum absolute atomic E-state index is 0.00692. The maximum Gasteiger partial charge on any atom is 0.174 e. The fraction of sp³-hybridized carbons (Fsp3) is 0.292. The van der Waals surface area contributed by atoms with E-state index in [-0.39, 0.29) is 12.1 Å². The van der Waals surface area contributed by atoms with Gasteiger partial charge in [0.1, 0.15) is 12.1 Å². The van der Waals surface area contributed by atoms with Gasteiger partial charge >= 0.3 is 0 Å². The van der Waals surface area contributed by atoms with E-state index in [2.05, 4.69) is 88.0 Å². The standard InChI is InChI=1S/C24H25N5OS/c1-18-12-13-21(31-18)23(28-14-16-30-17-15-28)24-25-26-27-29(24)22(19-8-4-2-5-9-19)20-10-6-3-7-11-20/h2-13,22-23H,14-17H2,1H3. The molecule has 7 heteroatoms. The highest BCUT2D eigenvalue weighted by atomic mass is 32.1. The van der Waals surface area contributed by atoms with Gasteiger partial charge in [-0.3, -0.25) is 4.90 Å². The number of aryl methyl sites for hydroxylation is 1. The number of ether oxygens (including phenoxy) is 1. The third-order valence-corrected chi connectivity index (χ3v) is 6.73. The van der Waals surface area contributed by atoms with Crippen molar-refractivity contribution in [2.75, 3.05) is 26.3 Å². The lowest BCUT2D eigenvalue weighted by molar-refractivity contribution is 0.0222. The van der Waals surface area contributed by atoms with Gasteiger partial charge in [0.15, 0.2) is 5.82 Å². The second kappa shape index (κ2) is 9.09. The molecule has 0 radical (unpaired) electrons. The minimum atomic E-state index is -0.100. The van der Waals surface area contributed by atoms with Gasteiger partial charge in [-0.1, -0.05) is 60.7 Å². The number of nitrogens with zero attached hydrogens (tertiary/aromatic N) is 5. The molecule has 5 rings (SSSR count). The van der Waals surface area contributed by atoms with Crippen LogP contribution in [0.3, 0.4) is 0 Å².